The molecule has 0 radical (unpaired) electrons. The van der Waals surface area contributed by atoms with Crippen molar-refractivity contribution in [3.63, 3.8) is 0 Å². The lowest BCUT2D eigenvalue weighted by atomic mass is 9.91. The Morgan fingerprint density at radius 1 is 0.980 bits per heavy atom. The van der Waals surface area contributed by atoms with E-state index >= 15 is 0 Å². The van der Waals surface area contributed by atoms with Crippen molar-refractivity contribution in [1.29, 1.82) is 0 Å². The van der Waals surface area contributed by atoms with Gasteiger partial charge in [0.05, 0.1) is 31.0 Å². The van der Waals surface area contributed by atoms with Gasteiger partial charge < -0.3 is 23.1 Å². The third-order valence-corrected chi connectivity index (χ3v) is 20.0. The lowest BCUT2D eigenvalue weighted by Gasteiger charge is -2.40. The molecule has 6 nitrogen and oxygen atoms in total. The predicted molar refractivity (Wildman–Crippen MR) is 212 cm³/mol. The Morgan fingerprint density at radius 2 is 1.66 bits per heavy atom. The largest absolute Gasteiger partial charge is 0.449 e. The van der Waals surface area contributed by atoms with Gasteiger partial charge in [-0.05, 0) is 81.2 Å². The van der Waals surface area contributed by atoms with E-state index in [4.69, 9.17) is 23.1 Å². The summed E-state index contributed by atoms with van der Waals surface area (Å²) in [4.78, 5) is 13.4. The average molecular weight is 725 g/mol. The van der Waals surface area contributed by atoms with Crippen molar-refractivity contribution in [2.75, 3.05) is 6.61 Å². The number of rotatable bonds is 7. The van der Waals surface area contributed by atoms with Gasteiger partial charge in [-0.2, -0.15) is 0 Å². The first kappa shape index (κ1) is 42.4. The second-order valence-corrected chi connectivity index (χ2v) is 27.4. The fourth-order valence-electron chi connectivity index (χ4n) is 5.99. The van der Waals surface area contributed by atoms with E-state index in [2.05, 4.69) is 143 Å². The molecule has 50 heavy (non-hydrogen) atoms. The maximum atomic E-state index is 13.4. The summed E-state index contributed by atoms with van der Waals surface area (Å²) < 4.78 is 32.7. The van der Waals surface area contributed by atoms with Crippen LogP contribution in [0.25, 0.3) is 0 Å². The fourth-order valence-corrected chi connectivity index (χ4v) is 8.52. The summed E-state index contributed by atoms with van der Waals surface area (Å²) in [5, 5.41) is 0.0160. The molecule has 1 unspecified atom stereocenters. The lowest BCUT2D eigenvalue weighted by Crippen LogP contribution is -2.47. The molecular formula is C42H68O6Si2. The number of ether oxygens (including phenoxy) is 3. The quantitative estimate of drug-likeness (QED) is 0.0856. The van der Waals surface area contributed by atoms with E-state index in [1.54, 1.807) is 0 Å². The Morgan fingerprint density at radius 3 is 2.32 bits per heavy atom. The number of fused-ring (bicyclic) bond motifs is 2. The maximum Gasteiger partial charge on any atom is 0.384 e. The summed E-state index contributed by atoms with van der Waals surface area (Å²) >= 11 is 0. The molecular weight excluding hydrogens is 657 g/mol. The molecule has 0 aromatic carbocycles. The van der Waals surface area contributed by atoms with Crippen LogP contribution in [0.3, 0.4) is 0 Å². The normalized spacial score (nSPS) is 29.6. The highest BCUT2D eigenvalue weighted by molar-refractivity contribution is 6.74. The van der Waals surface area contributed by atoms with Crippen LogP contribution in [0.5, 0.6) is 0 Å². The molecule has 7 atom stereocenters. The smallest absolute Gasteiger partial charge is 0.384 e. The third kappa shape index (κ3) is 13.5. The van der Waals surface area contributed by atoms with Crippen LogP contribution in [0.15, 0.2) is 60.3 Å². The Labute approximate surface area is 307 Å². The van der Waals surface area contributed by atoms with Crippen molar-refractivity contribution in [2.45, 2.75) is 173 Å². The molecule has 8 heteroatoms. The van der Waals surface area contributed by atoms with Gasteiger partial charge in [-0.1, -0.05) is 115 Å². The zero-order chi connectivity index (χ0) is 37.3. The molecule has 0 aromatic heterocycles. The number of cyclic esters (lactones) is 1. The van der Waals surface area contributed by atoms with Crippen LogP contribution in [0.2, 0.25) is 36.3 Å². The number of carbonyl (C=O) groups excluding carboxylic acids is 1. The van der Waals surface area contributed by atoms with Gasteiger partial charge in [-0.3, -0.25) is 0 Å². The van der Waals surface area contributed by atoms with E-state index in [0.29, 0.717) is 25.4 Å². The highest BCUT2D eigenvalue weighted by Gasteiger charge is 2.41. The Kier molecular flexibility index (Phi) is 15.4. The number of hydrogen-bond acceptors (Lipinski definition) is 6. The molecule has 3 aliphatic rings. The average Bonchev–Trinajstić information content (AvgIpc) is 2.97. The van der Waals surface area contributed by atoms with Gasteiger partial charge in [0, 0.05) is 18.8 Å². The predicted octanol–water partition coefficient (Wildman–Crippen LogP) is 10.4. The monoisotopic (exact) mass is 724 g/mol. The summed E-state index contributed by atoms with van der Waals surface area (Å²) in [6.45, 7) is 32.1. The second kappa shape index (κ2) is 18.2. The van der Waals surface area contributed by atoms with Crippen molar-refractivity contribution in [3.8, 4) is 11.8 Å². The van der Waals surface area contributed by atoms with Crippen LogP contribution in [0.1, 0.15) is 100 Å². The van der Waals surface area contributed by atoms with E-state index in [1.807, 2.05) is 0 Å². The van der Waals surface area contributed by atoms with Crippen molar-refractivity contribution < 1.29 is 27.9 Å². The van der Waals surface area contributed by atoms with Gasteiger partial charge in [0.2, 0.25) is 0 Å². The second-order valence-electron chi connectivity index (χ2n) is 17.8. The van der Waals surface area contributed by atoms with Gasteiger partial charge in [0.1, 0.15) is 12.2 Å². The Bertz CT molecular complexity index is 1330. The van der Waals surface area contributed by atoms with Crippen LogP contribution < -0.4 is 0 Å². The van der Waals surface area contributed by atoms with Gasteiger partial charge in [-0.15, -0.1) is 0 Å². The van der Waals surface area contributed by atoms with Gasteiger partial charge in [0.15, 0.2) is 16.6 Å². The fraction of sp³-hybridized carbons (Fsp3) is 0.690. The first-order valence-corrected chi connectivity index (χ1v) is 24.6. The Hall–Kier alpha value is -2.00. The minimum absolute atomic E-state index is 0.0418. The maximum absolute atomic E-state index is 13.4. The van der Waals surface area contributed by atoms with Crippen LogP contribution in [0, 0.1) is 17.8 Å². The molecule has 0 spiro atoms. The lowest BCUT2D eigenvalue weighted by molar-refractivity contribution is -0.145. The highest BCUT2D eigenvalue weighted by atomic mass is 28.4. The molecule has 0 N–H and O–H groups in total. The topological polar surface area (TPSA) is 63.2 Å². The Balaban J connectivity index is 2.03. The molecule has 0 fully saturated rings. The van der Waals surface area contributed by atoms with Crippen LogP contribution in [-0.4, -0.2) is 65.8 Å². The van der Waals surface area contributed by atoms with E-state index in [1.165, 1.54) is 11.1 Å². The van der Waals surface area contributed by atoms with E-state index in [-0.39, 0.29) is 34.5 Å². The van der Waals surface area contributed by atoms with Gasteiger partial charge >= 0.3 is 5.97 Å². The zero-order valence-electron chi connectivity index (χ0n) is 33.4. The summed E-state index contributed by atoms with van der Waals surface area (Å²) in [5.74, 6) is 5.70. The van der Waals surface area contributed by atoms with Crippen LogP contribution >= 0.6 is 0 Å². The molecule has 0 saturated carbocycles. The van der Waals surface area contributed by atoms with Gasteiger partial charge in [0.25, 0.3) is 0 Å². The van der Waals surface area contributed by atoms with Crippen LogP contribution in [-0.2, 0) is 27.9 Å². The zero-order valence-corrected chi connectivity index (χ0v) is 35.4. The molecule has 0 amide bonds. The summed E-state index contributed by atoms with van der Waals surface area (Å²) in [7, 11) is -4.39. The van der Waals surface area contributed by atoms with Crippen molar-refractivity contribution in [3.05, 3.63) is 60.3 Å². The number of hydrogen-bond donors (Lipinski definition) is 0. The first-order chi connectivity index (χ1) is 23.1. The van der Waals surface area contributed by atoms with Crippen molar-refractivity contribution >= 4 is 22.6 Å². The van der Waals surface area contributed by atoms with Crippen molar-refractivity contribution in [1.82, 2.24) is 0 Å². The minimum Gasteiger partial charge on any atom is -0.449 e. The van der Waals surface area contributed by atoms with E-state index in [9.17, 15) is 4.79 Å². The van der Waals surface area contributed by atoms with Gasteiger partial charge in [-0.25, -0.2) is 4.79 Å². The molecule has 2 bridgehead atoms. The number of carbonyl (C=O) groups is 1. The molecule has 3 aliphatic heterocycles. The molecule has 3 heterocycles. The summed E-state index contributed by atoms with van der Waals surface area (Å²) in [6.07, 6.45) is 18.7. The standard InChI is InChI=1S/C42H68O6Si2/c1-31-25-26-44-35(28-31)23-24-39(48-50(12,13)42(7,8)9)38-21-15-20-37(47-49(10,11)41(4,5)6)30-33(3)27-32(2)29-36-19-14-17-34(45-36)18-16-22-40(43)46-38/h14-15,17,20,23-25,32,34-39H,3,18-19,21,26-30H2,1-2,4-13H3/b20-15+,24-23+/t32-,34-,35+,36-,37?,38-,39+/m0/s1. The van der Waals surface area contributed by atoms with Crippen molar-refractivity contribution in [2.24, 2.45) is 5.92 Å². The molecule has 280 valence electrons. The molecule has 0 aliphatic carbocycles. The molecule has 0 saturated heterocycles. The highest BCUT2D eigenvalue weighted by Crippen LogP contribution is 2.40. The minimum atomic E-state index is -2.29. The number of esters is 1. The van der Waals surface area contributed by atoms with E-state index in [0.717, 1.165) is 32.1 Å². The van der Waals surface area contributed by atoms with Crippen LogP contribution in [0.4, 0.5) is 0 Å². The molecule has 0 aromatic rings. The summed E-state index contributed by atoms with van der Waals surface area (Å²) in [5.41, 5.74) is 2.49. The third-order valence-electron chi connectivity index (χ3n) is 11.0. The SMILES string of the molecule is C=C1CC(O[Si](C)(C)C(C)(C)C)/C=C/C[C@@H]([C@@H](/C=C/[C@@H]2CC(C)=CCO2)O[Si](C)(C)C(C)(C)C)OC(=O)C#CC[C@@H]2C=CC[C@@H](C[C@@H](C)C1)O2. The summed E-state index contributed by atoms with van der Waals surface area (Å²) in [6, 6.07) is 0. The first-order valence-electron chi connectivity index (χ1n) is 18.8. The molecule has 3 rings (SSSR count). The van der Waals surface area contributed by atoms with E-state index < -0.39 is 34.8 Å².